The Morgan fingerprint density at radius 2 is 1.92 bits per heavy atom. The molecular formula is C21H29NO2. The van der Waals surface area contributed by atoms with Crippen LogP contribution in [-0.4, -0.2) is 16.3 Å². The van der Waals surface area contributed by atoms with Crippen LogP contribution >= 0.6 is 0 Å². The van der Waals surface area contributed by atoms with Crippen molar-refractivity contribution in [2.24, 2.45) is 5.92 Å². The minimum absolute atomic E-state index is 0.338. The van der Waals surface area contributed by atoms with Gasteiger partial charge in [-0.3, -0.25) is 4.57 Å². The zero-order valence-electron chi connectivity index (χ0n) is 15.7. The Morgan fingerprint density at radius 1 is 1.21 bits per heavy atom. The van der Waals surface area contributed by atoms with Gasteiger partial charge in [-0.05, 0) is 62.8 Å². The third-order valence-electron chi connectivity index (χ3n) is 3.86. The van der Waals surface area contributed by atoms with Crippen LogP contribution in [0.4, 0.5) is 4.79 Å². The number of hydrogen-bond donors (Lipinski definition) is 0. The molecule has 24 heavy (non-hydrogen) atoms. The molecule has 0 N–H and O–H groups in total. The summed E-state index contributed by atoms with van der Waals surface area (Å²) in [5.74, 6) is 1.04. The summed E-state index contributed by atoms with van der Waals surface area (Å²) in [5, 5.41) is 1.06. The average molecular weight is 327 g/mol. The van der Waals surface area contributed by atoms with Crippen molar-refractivity contribution in [3.05, 3.63) is 48.2 Å². The molecule has 1 aromatic carbocycles. The van der Waals surface area contributed by atoms with E-state index in [0.717, 1.165) is 17.3 Å². The van der Waals surface area contributed by atoms with Crippen LogP contribution < -0.4 is 0 Å². The molecule has 0 saturated carbocycles. The minimum atomic E-state index is -0.497. The highest BCUT2D eigenvalue weighted by molar-refractivity contribution is 5.90. The van der Waals surface area contributed by atoms with Crippen molar-refractivity contribution < 1.29 is 9.53 Å². The van der Waals surface area contributed by atoms with Crippen molar-refractivity contribution >= 4 is 17.0 Å². The number of carbonyl (C=O) groups is 1. The zero-order valence-corrected chi connectivity index (χ0v) is 15.7. The van der Waals surface area contributed by atoms with Crippen LogP contribution in [0.25, 0.3) is 10.9 Å². The molecule has 0 bridgehead atoms. The maximum atomic E-state index is 12.3. The highest BCUT2D eigenvalue weighted by atomic mass is 16.6. The number of hydrogen-bond acceptors (Lipinski definition) is 2. The molecule has 1 heterocycles. The van der Waals surface area contributed by atoms with Crippen LogP contribution in [-0.2, 0) is 4.74 Å². The van der Waals surface area contributed by atoms with Gasteiger partial charge in [0.1, 0.15) is 5.60 Å². The van der Waals surface area contributed by atoms with Gasteiger partial charge in [0.05, 0.1) is 5.52 Å². The van der Waals surface area contributed by atoms with Gasteiger partial charge in [-0.2, -0.15) is 0 Å². The second-order valence-electron chi connectivity index (χ2n) is 7.83. The fourth-order valence-electron chi connectivity index (χ4n) is 2.58. The molecule has 3 heteroatoms. The molecule has 0 amide bonds. The van der Waals surface area contributed by atoms with Crippen molar-refractivity contribution in [2.45, 2.75) is 59.5 Å². The van der Waals surface area contributed by atoms with Crippen LogP contribution in [0.5, 0.6) is 0 Å². The molecule has 0 unspecified atom stereocenters. The maximum Gasteiger partial charge on any atom is 0.418 e. The van der Waals surface area contributed by atoms with Crippen LogP contribution in [0.1, 0.15) is 59.4 Å². The maximum absolute atomic E-state index is 12.3. The summed E-state index contributed by atoms with van der Waals surface area (Å²) in [6.07, 6.45) is 7.05. The number of fused-ring (bicyclic) bond motifs is 1. The summed E-state index contributed by atoms with van der Waals surface area (Å²) in [7, 11) is 0. The fourth-order valence-corrected chi connectivity index (χ4v) is 2.58. The van der Waals surface area contributed by atoms with Crippen molar-refractivity contribution in [1.82, 2.24) is 4.57 Å². The predicted octanol–water partition coefficient (Wildman–Crippen LogP) is 6.13. The Kier molecular flexibility index (Phi) is 5.53. The molecule has 0 aliphatic rings. The third-order valence-corrected chi connectivity index (χ3v) is 3.86. The van der Waals surface area contributed by atoms with E-state index in [-0.39, 0.29) is 6.09 Å². The molecule has 0 radical (unpaired) electrons. The topological polar surface area (TPSA) is 31.2 Å². The molecule has 0 aliphatic carbocycles. The Bertz CT molecular complexity index is 732. The molecule has 0 saturated heterocycles. The van der Waals surface area contributed by atoms with Crippen LogP contribution in [0.3, 0.4) is 0 Å². The second kappa shape index (κ2) is 7.25. The van der Waals surface area contributed by atoms with E-state index in [1.165, 1.54) is 5.56 Å². The molecule has 1 aromatic heterocycles. The molecule has 0 fully saturated rings. The summed E-state index contributed by atoms with van der Waals surface area (Å²) < 4.78 is 7.03. The molecule has 2 rings (SSSR count). The van der Waals surface area contributed by atoms with Crippen molar-refractivity contribution in [1.29, 1.82) is 0 Å². The van der Waals surface area contributed by atoms with E-state index in [2.05, 4.69) is 45.1 Å². The van der Waals surface area contributed by atoms with Gasteiger partial charge in [0.25, 0.3) is 0 Å². The van der Waals surface area contributed by atoms with Crippen molar-refractivity contribution in [3.63, 3.8) is 0 Å². The highest BCUT2D eigenvalue weighted by Gasteiger charge is 2.19. The van der Waals surface area contributed by atoms with E-state index < -0.39 is 5.60 Å². The summed E-state index contributed by atoms with van der Waals surface area (Å²) in [6.45, 7) is 12.3. The largest absolute Gasteiger partial charge is 0.443 e. The lowest BCUT2D eigenvalue weighted by molar-refractivity contribution is 0.0544. The number of rotatable bonds is 4. The number of nitrogens with zero attached hydrogens (tertiary/aromatic N) is 1. The second-order valence-corrected chi connectivity index (χ2v) is 7.83. The van der Waals surface area contributed by atoms with Gasteiger partial charge < -0.3 is 4.74 Å². The number of aromatic nitrogens is 1. The van der Waals surface area contributed by atoms with Crippen LogP contribution in [0.2, 0.25) is 0 Å². The van der Waals surface area contributed by atoms with Crippen molar-refractivity contribution in [2.75, 3.05) is 0 Å². The van der Waals surface area contributed by atoms with Gasteiger partial charge in [0.15, 0.2) is 0 Å². The van der Waals surface area contributed by atoms with E-state index in [0.29, 0.717) is 11.8 Å². The molecule has 0 spiro atoms. The minimum Gasteiger partial charge on any atom is -0.443 e. The first kappa shape index (κ1) is 18.3. The smallest absolute Gasteiger partial charge is 0.418 e. The fraction of sp³-hybridized carbons (Fsp3) is 0.476. The van der Waals surface area contributed by atoms with Gasteiger partial charge in [0.2, 0.25) is 0 Å². The number of benzene rings is 1. The summed E-state index contributed by atoms with van der Waals surface area (Å²) in [6, 6.07) is 8.21. The number of carbonyl (C=O) groups excluding carboxylic acids is 1. The zero-order chi connectivity index (χ0) is 17.9. The first-order valence-corrected chi connectivity index (χ1v) is 8.68. The Morgan fingerprint density at radius 3 is 2.54 bits per heavy atom. The lowest BCUT2D eigenvalue weighted by Gasteiger charge is -2.19. The van der Waals surface area contributed by atoms with E-state index in [4.69, 9.17) is 4.74 Å². The van der Waals surface area contributed by atoms with E-state index in [1.54, 1.807) is 10.8 Å². The highest BCUT2D eigenvalue weighted by Crippen LogP contribution is 2.24. The Hall–Kier alpha value is -2.03. The third kappa shape index (κ3) is 4.73. The lowest BCUT2D eigenvalue weighted by atomic mass is 9.98. The molecule has 2 aromatic rings. The summed E-state index contributed by atoms with van der Waals surface area (Å²) >= 11 is 0. The lowest BCUT2D eigenvalue weighted by Crippen LogP contribution is -2.26. The molecule has 130 valence electrons. The van der Waals surface area contributed by atoms with Gasteiger partial charge in [-0.15, -0.1) is 0 Å². The van der Waals surface area contributed by atoms with Crippen LogP contribution in [0, 0.1) is 5.92 Å². The first-order valence-electron chi connectivity index (χ1n) is 8.68. The standard InChI is InChI=1S/C21H29NO2/c1-15(2)8-7-9-16(3)17-10-11-19-18(14-17)12-13-22(19)20(23)24-21(4,5)6/h7,9-16H,8H2,1-6H3/b9-7+/t16-/m1/s1. The Labute approximate surface area is 145 Å². The Balaban J connectivity index is 2.21. The van der Waals surface area contributed by atoms with Gasteiger partial charge in [-0.1, -0.05) is 39.0 Å². The number of ether oxygens (including phenoxy) is 1. The quantitative estimate of drug-likeness (QED) is 0.632. The number of allylic oxidation sites excluding steroid dienone is 2. The summed E-state index contributed by atoms with van der Waals surface area (Å²) in [4.78, 5) is 12.3. The average Bonchev–Trinajstić information content (AvgIpc) is 2.87. The van der Waals surface area contributed by atoms with Gasteiger partial charge in [-0.25, -0.2) is 4.79 Å². The molecular weight excluding hydrogens is 298 g/mol. The van der Waals surface area contributed by atoms with E-state index in [9.17, 15) is 4.79 Å². The van der Waals surface area contributed by atoms with Crippen LogP contribution in [0.15, 0.2) is 42.6 Å². The van der Waals surface area contributed by atoms with E-state index >= 15 is 0 Å². The molecule has 0 aliphatic heterocycles. The SMILES string of the molecule is CC(C)C/C=C/[C@@H](C)c1ccc2c(ccn2C(=O)OC(C)(C)C)c1. The van der Waals surface area contributed by atoms with Crippen molar-refractivity contribution in [3.8, 4) is 0 Å². The monoisotopic (exact) mass is 327 g/mol. The van der Waals surface area contributed by atoms with E-state index in [1.807, 2.05) is 32.9 Å². The van der Waals surface area contributed by atoms with Gasteiger partial charge in [0, 0.05) is 11.6 Å². The molecule has 3 nitrogen and oxygen atoms in total. The van der Waals surface area contributed by atoms with Gasteiger partial charge >= 0.3 is 6.09 Å². The predicted molar refractivity (Wildman–Crippen MR) is 101 cm³/mol. The molecule has 1 atom stereocenters. The summed E-state index contributed by atoms with van der Waals surface area (Å²) in [5.41, 5.74) is 1.64. The first-order chi connectivity index (χ1) is 11.2. The normalized spacial score (nSPS) is 13.8.